The molecule has 0 atom stereocenters. The smallest absolute Gasteiger partial charge is 0.326 e. The van der Waals surface area contributed by atoms with E-state index in [9.17, 15) is 13.6 Å². The Morgan fingerprint density at radius 2 is 2.12 bits per heavy atom. The van der Waals surface area contributed by atoms with Crippen LogP contribution in [0.25, 0.3) is 11.0 Å². The van der Waals surface area contributed by atoms with Crippen molar-refractivity contribution in [3.8, 4) is 0 Å². The van der Waals surface area contributed by atoms with Crippen molar-refractivity contribution in [2.24, 2.45) is 0 Å². The van der Waals surface area contributed by atoms with Crippen molar-refractivity contribution in [3.05, 3.63) is 34.3 Å². The molecule has 2 rings (SSSR count). The van der Waals surface area contributed by atoms with Gasteiger partial charge in [0, 0.05) is 13.2 Å². The molecule has 0 aliphatic carbocycles. The standard InChI is InChI=1S/C10H10F2N2O2/c11-6-2-3-7-9(8(6)12)14(4-1-5-15)10(16)13-7/h2-3,15H,1,4-5H2,(H,13,16). The first-order valence-corrected chi connectivity index (χ1v) is 4.82. The maximum atomic E-state index is 13.5. The van der Waals surface area contributed by atoms with Crippen LogP contribution in [0.15, 0.2) is 16.9 Å². The zero-order valence-corrected chi connectivity index (χ0v) is 8.33. The van der Waals surface area contributed by atoms with Crippen molar-refractivity contribution in [2.75, 3.05) is 6.61 Å². The molecule has 0 bridgehead atoms. The third kappa shape index (κ3) is 1.61. The number of benzene rings is 1. The van der Waals surface area contributed by atoms with Gasteiger partial charge >= 0.3 is 5.69 Å². The highest BCUT2D eigenvalue weighted by molar-refractivity contribution is 5.75. The monoisotopic (exact) mass is 228 g/mol. The van der Waals surface area contributed by atoms with Gasteiger partial charge in [0.05, 0.1) is 5.52 Å². The lowest BCUT2D eigenvalue weighted by atomic mass is 10.3. The van der Waals surface area contributed by atoms with Gasteiger partial charge in [-0.2, -0.15) is 0 Å². The first-order valence-electron chi connectivity index (χ1n) is 4.82. The number of nitrogens with zero attached hydrogens (tertiary/aromatic N) is 1. The number of imidazole rings is 1. The lowest BCUT2D eigenvalue weighted by molar-refractivity contribution is 0.279. The molecule has 0 aliphatic heterocycles. The molecule has 0 amide bonds. The van der Waals surface area contributed by atoms with Crippen molar-refractivity contribution in [1.29, 1.82) is 0 Å². The highest BCUT2D eigenvalue weighted by Gasteiger charge is 2.14. The van der Waals surface area contributed by atoms with Crippen molar-refractivity contribution in [1.82, 2.24) is 9.55 Å². The van der Waals surface area contributed by atoms with Gasteiger partial charge in [-0.05, 0) is 18.6 Å². The zero-order valence-electron chi connectivity index (χ0n) is 8.33. The van der Waals surface area contributed by atoms with E-state index in [4.69, 9.17) is 5.11 Å². The molecule has 0 radical (unpaired) electrons. The topological polar surface area (TPSA) is 58.0 Å². The third-order valence-electron chi connectivity index (χ3n) is 2.37. The number of nitrogens with one attached hydrogen (secondary N) is 1. The van der Waals surface area contributed by atoms with Gasteiger partial charge in [-0.15, -0.1) is 0 Å². The van der Waals surface area contributed by atoms with E-state index in [1.165, 1.54) is 6.07 Å². The molecule has 16 heavy (non-hydrogen) atoms. The highest BCUT2D eigenvalue weighted by Crippen LogP contribution is 2.17. The number of hydrogen-bond donors (Lipinski definition) is 2. The van der Waals surface area contributed by atoms with Crippen LogP contribution in [0.4, 0.5) is 8.78 Å². The van der Waals surface area contributed by atoms with Gasteiger partial charge in [0.2, 0.25) is 0 Å². The zero-order chi connectivity index (χ0) is 11.7. The van der Waals surface area contributed by atoms with Crippen LogP contribution in [-0.2, 0) is 6.54 Å². The Hall–Kier alpha value is -1.69. The van der Waals surface area contributed by atoms with E-state index in [1.54, 1.807) is 0 Å². The number of fused-ring (bicyclic) bond motifs is 1. The summed E-state index contributed by atoms with van der Waals surface area (Å²) in [6, 6.07) is 2.27. The van der Waals surface area contributed by atoms with E-state index in [1.807, 2.05) is 0 Å². The summed E-state index contributed by atoms with van der Waals surface area (Å²) in [6.07, 6.45) is 0.308. The molecular weight excluding hydrogens is 218 g/mol. The molecule has 0 aliphatic rings. The quantitative estimate of drug-likeness (QED) is 0.823. The SMILES string of the molecule is O=c1[nH]c2ccc(F)c(F)c2n1CCCO. The summed E-state index contributed by atoms with van der Waals surface area (Å²) in [6.45, 7) is 0.0335. The molecule has 1 aromatic heterocycles. The minimum absolute atomic E-state index is 0.0848. The van der Waals surface area contributed by atoms with Crippen LogP contribution >= 0.6 is 0 Å². The Kier molecular flexibility index (Phi) is 2.74. The van der Waals surface area contributed by atoms with Gasteiger partial charge in [-0.1, -0.05) is 0 Å². The van der Waals surface area contributed by atoms with E-state index >= 15 is 0 Å². The Morgan fingerprint density at radius 3 is 2.81 bits per heavy atom. The minimum Gasteiger partial charge on any atom is -0.396 e. The van der Waals surface area contributed by atoms with E-state index in [0.717, 1.165) is 10.6 Å². The van der Waals surface area contributed by atoms with E-state index in [-0.39, 0.29) is 24.2 Å². The Labute approximate surface area is 89.1 Å². The molecule has 0 saturated carbocycles. The molecule has 6 heteroatoms. The molecular formula is C10H10F2N2O2. The number of rotatable bonds is 3. The summed E-state index contributed by atoms with van der Waals surface area (Å²) in [5.74, 6) is -2.04. The molecule has 0 spiro atoms. The van der Waals surface area contributed by atoms with Gasteiger partial charge in [0.1, 0.15) is 5.52 Å². The Bertz CT molecular complexity index is 574. The van der Waals surface area contributed by atoms with Gasteiger partial charge in [0.15, 0.2) is 11.6 Å². The second-order valence-corrected chi connectivity index (χ2v) is 3.42. The normalized spacial score (nSPS) is 11.2. The molecule has 1 aromatic carbocycles. The van der Waals surface area contributed by atoms with Crippen LogP contribution < -0.4 is 5.69 Å². The number of H-pyrrole nitrogens is 1. The summed E-state index contributed by atoms with van der Waals surface area (Å²) in [7, 11) is 0. The molecule has 0 unspecified atom stereocenters. The summed E-state index contributed by atoms with van der Waals surface area (Å²) in [5, 5.41) is 8.66. The third-order valence-corrected chi connectivity index (χ3v) is 2.37. The van der Waals surface area contributed by atoms with E-state index < -0.39 is 17.3 Å². The highest BCUT2D eigenvalue weighted by atomic mass is 19.2. The van der Waals surface area contributed by atoms with Crippen molar-refractivity contribution in [2.45, 2.75) is 13.0 Å². The number of aromatic amines is 1. The number of aryl methyl sites for hydroxylation is 1. The minimum atomic E-state index is -1.05. The average Bonchev–Trinajstić information content (AvgIpc) is 2.58. The lowest BCUT2D eigenvalue weighted by Gasteiger charge is -2.02. The Morgan fingerprint density at radius 1 is 1.38 bits per heavy atom. The van der Waals surface area contributed by atoms with Gasteiger partial charge in [-0.25, -0.2) is 13.6 Å². The number of hydrogen-bond acceptors (Lipinski definition) is 2. The predicted molar refractivity (Wildman–Crippen MR) is 54.2 cm³/mol. The molecule has 2 N–H and O–H groups in total. The number of aliphatic hydroxyl groups excluding tert-OH is 1. The summed E-state index contributed by atoms with van der Waals surface area (Å²) < 4.78 is 27.6. The number of aliphatic hydroxyl groups is 1. The average molecular weight is 228 g/mol. The van der Waals surface area contributed by atoms with Crippen molar-refractivity contribution >= 4 is 11.0 Å². The van der Waals surface area contributed by atoms with Gasteiger partial charge in [0.25, 0.3) is 0 Å². The lowest BCUT2D eigenvalue weighted by Crippen LogP contribution is -2.17. The Balaban J connectivity index is 2.66. The second-order valence-electron chi connectivity index (χ2n) is 3.42. The molecule has 1 heterocycles. The van der Waals surface area contributed by atoms with Gasteiger partial charge in [-0.3, -0.25) is 4.57 Å². The van der Waals surface area contributed by atoms with Crippen LogP contribution in [-0.4, -0.2) is 21.3 Å². The molecule has 0 fully saturated rings. The fourth-order valence-corrected chi connectivity index (χ4v) is 1.63. The first-order chi connectivity index (χ1) is 7.65. The van der Waals surface area contributed by atoms with Crippen LogP contribution in [0.5, 0.6) is 0 Å². The summed E-state index contributed by atoms with van der Waals surface area (Å²) in [4.78, 5) is 13.9. The molecule has 86 valence electrons. The van der Waals surface area contributed by atoms with E-state index in [0.29, 0.717) is 6.42 Å². The summed E-state index contributed by atoms with van der Waals surface area (Å²) >= 11 is 0. The maximum Gasteiger partial charge on any atom is 0.326 e. The van der Waals surface area contributed by atoms with Crippen LogP contribution in [0, 0.1) is 11.6 Å². The van der Waals surface area contributed by atoms with Crippen molar-refractivity contribution < 1.29 is 13.9 Å². The maximum absolute atomic E-state index is 13.5. The fraction of sp³-hybridized carbons (Fsp3) is 0.300. The molecule has 0 saturated heterocycles. The summed E-state index contributed by atoms with van der Waals surface area (Å²) in [5.41, 5.74) is -0.340. The first kappa shape index (κ1) is 10.8. The second kappa shape index (κ2) is 4.05. The predicted octanol–water partition coefficient (Wildman–Crippen LogP) is 0.990. The largest absolute Gasteiger partial charge is 0.396 e. The van der Waals surface area contributed by atoms with Crippen LogP contribution in [0.1, 0.15) is 6.42 Å². The number of halogens is 2. The number of aromatic nitrogens is 2. The van der Waals surface area contributed by atoms with Gasteiger partial charge < -0.3 is 10.1 Å². The van der Waals surface area contributed by atoms with Crippen LogP contribution in [0.3, 0.4) is 0 Å². The fourth-order valence-electron chi connectivity index (χ4n) is 1.63. The van der Waals surface area contributed by atoms with Crippen LogP contribution in [0.2, 0.25) is 0 Å². The molecule has 4 nitrogen and oxygen atoms in total. The van der Waals surface area contributed by atoms with E-state index in [2.05, 4.69) is 4.98 Å². The molecule has 2 aromatic rings. The van der Waals surface area contributed by atoms with Crippen molar-refractivity contribution in [3.63, 3.8) is 0 Å².